The maximum absolute atomic E-state index is 13.2. The normalized spacial score (nSPS) is 13.5. The third-order valence-corrected chi connectivity index (χ3v) is 6.79. The average Bonchev–Trinajstić information content (AvgIpc) is 3.23. The van der Waals surface area contributed by atoms with Crippen molar-refractivity contribution in [3.63, 3.8) is 0 Å². The minimum absolute atomic E-state index is 0.0112. The van der Waals surface area contributed by atoms with E-state index in [2.05, 4.69) is 15.4 Å². The van der Waals surface area contributed by atoms with E-state index < -0.39 is 15.9 Å². The highest BCUT2D eigenvalue weighted by atomic mass is 32.2. The van der Waals surface area contributed by atoms with Crippen LogP contribution in [0.15, 0.2) is 53.7 Å². The number of fused-ring (bicyclic) bond motifs is 1. The molecule has 0 aliphatic carbocycles. The van der Waals surface area contributed by atoms with E-state index in [1.54, 1.807) is 24.5 Å². The van der Waals surface area contributed by atoms with Crippen molar-refractivity contribution in [1.29, 1.82) is 0 Å². The molecule has 3 N–H and O–H groups in total. The monoisotopic (exact) mass is 440 g/mol. The van der Waals surface area contributed by atoms with Crippen LogP contribution in [0.3, 0.4) is 0 Å². The highest BCUT2D eigenvalue weighted by molar-refractivity contribution is 7.89. The number of nitrogens with zero attached hydrogens (tertiary/aromatic N) is 4. The molecule has 3 heterocycles. The Labute approximate surface area is 178 Å². The first-order chi connectivity index (χ1) is 14.8. The number of benzene rings is 1. The van der Waals surface area contributed by atoms with Gasteiger partial charge >= 0.3 is 0 Å². The molecule has 4 rings (SSSR count). The number of anilines is 1. The lowest BCUT2D eigenvalue weighted by Crippen LogP contribution is -2.33. The molecule has 0 spiro atoms. The molecule has 3 aromatic rings. The summed E-state index contributed by atoms with van der Waals surface area (Å²) in [6.45, 7) is 0.974. The zero-order valence-electron chi connectivity index (χ0n) is 16.6. The van der Waals surface area contributed by atoms with E-state index in [1.165, 1.54) is 31.3 Å². The minimum atomic E-state index is -3.95. The van der Waals surface area contributed by atoms with Gasteiger partial charge in [-0.05, 0) is 48.4 Å². The first-order valence-corrected chi connectivity index (χ1v) is 10.9. The van der Waals surface area contributed by atoms with Crippen molar-refractivity contribution in [2.45, 2.75) is 17.9 Å². The van der Waals surface area contributed by atoms with Gasteiger partial charge in [-0.2, -0.15) is 17.6 Å². The molecule has 31 heavy (non-hydrogen) atoms. The van der Waals surface area contributed by atoms with E-state index >= 15 is 0 Å². The van der Waals surface area contributed by atoms with E-state index in [9.17, 15) is 18.0 Å². The largest absolute Gasteiger partial charge is 0.366 e. The number of amides is 2. The molecule has 11 heteroatoms. The summed E-state index contributed by atoms with van der Waals surface area (Å²) >= 11 is 0. The van der Waals surface area contributed by atoms with Crippen molar-refractivity contribution < 1.29 is 18.0 Å². The highest BCUT2D eigenvalue weighted by Crippen LogP contribution is 2.26. The second-order valence-electron chi connectivity index (χ2n) is 7.01. The molecule has 10 nitrogen and oxygen atoms in total. The second kappa shape index (κ2) is 7.84. The number of rotatable bonds is 5. The molecular formula is C20H20N6O4S. The van der Waals surface area contributed by atoms with Gasteiger partial charge in [-0.15, -0.1) is 0 Å². The molecule has 0 saturated carbocycles. The predicted octanol–water partition coefficient (Wildman–Crippen LogP) is 0.536. The van der Waals surface area contributed by atoms with Gasteiger partial charge in [0.2, 0.25) is 5.91 Å². The molecule has 2 amide bonds. The molecule has 0 unspecified atom stereocenters. The SMILES string of the molecule is CNC(=O)c1ccc(N2CCc3cnn(S(=O)(=O)c4ccc(C(N)=O)cc4)c3C2)cn1. The van der Waals surface area contributed by atoms with Crippen LogP contribution >= 0.6 is 0 Å². The summed E-state index contributed by atoms with van der Waals surface area (Å²) in [6, 6.07) is 8.82. The molecule has 1 aliphatic heterocycles. The number of primary amides is 1. The molecule has 0 fully saturated rings. The smallest absolute Gasteiger partial charge is 0.283 e. The molecular weight excluding hydrogens is 420 g/mol. The Hall–Kier alpha value is -3.73. The van der Waals surface area contributed by atoms with Crippen LogP contribution in [-0.2, 0) is 23.0 Å². The third kappa shape index (κ3) is 3.75. The Morgan fingerprint density at radius 1 is 1.10 bits per heavy atom. The maximum Gasteiger partial charge on any atom is 0.283 e. The Kier molecular flexibility index (Phi) is 5.19. The number of carbonyl (C=O) groups is 2. The molecule has 0 saturated heterocycles. The predicted molar refractivity (Wildman–Crippen MR) is 112 cm³/mol. The summed E-state index contributed by atoms with van der Waals surface area (Å²) in [6.07, 6.45) is 3.77. The summed E-state index contributed by atoms with van der Waals surface area (Å²) < 4.78 is 27.3. The van der Waals surface area contributed by atoms with Crippen LogP contribution in [0, 0.1) is 0 Å². The summed E-state index contributed by atoms with van der Waals surface area (Å²) in [7, 11) is -2.41. The van der Waals surface area contributed by atoms with Gasteiger partial charge in [0.15, 0.2) is 0 Å². The lowest BCUT2D eigenvalue weighted by molar-refractivity contribution is 0.0956. The van der Waals surface area contributed by atoms with Gasteiger partial charge in [0.25, 0.3) is 15.9 Å². The van der Waals surface area contributed by atoms with Gasteiger partial charge in [-0.1, -0.05) is 0 Å². The summed E-state index contributed by atoms with van der Waals surface area (Å²) in [4.78, 5) is 29.1. The van der Waals surface area contributed by atoms with Crippen LogP contribution < -0.4 is 16.0 Å². The molecule has 2 aromatic heterocycles. The molecule has 1 aromatic carbocycles. The van der Waals surface area contributed by atoms with E-state index in [1.807, 2.05) is 4.90 Å². The van der Waals surface area contributed by atoms with Gasteiger partial charge < -0.3 is 16.0 Å². The van der Waals surface area contributed by atoms with Crippen molar-refractivity contribution in [3.05, 3.63) is 71.3 Å². The number of nitrogens with two attached hydrogens (primary N) is 1. The summed E-state index contributed by atoms with van der Waals surface area (Å²) in [5.74, 6) is -0.911. The molecule has 0 radical (unpaired) electrons. The molecule has 160 valence electrons. The Morgan fingerprint density at radius 2 is 1.84 bits per heavy atom. The zero-order valence-corrected chi connectivity index (χ0v) is 17.5. The van der Waals surface area contributed by atoms with Crippen LogP contribution in [-0.4, -0.2) is 48.0 Å². The van der Waals surface area contributed by atoms with Gasteiger partial charge in [0.05, 0.1) is 35.2 Å². The van der Waals surface area contributed by atoms with Gasteiger partial charge in [0, 0.05) is 19.2 Å². The lowest BCUT2D eigenvalue weighted by Gasteiger charge is -2.29. The van der Waals surface area contributed by atoms with Gasteiger partial charge in [-0.25, -0.2) is 4.98 Å². The number of aromatic nitrogens is 3. The van der Waals surface area contributed by atoms with E-state index in [-0.39, 0.29) is 16.4 Å². The first-order valence-electron chi connectivity index (χ1n) is 9.45. The Balaban J connectivity index is 1.63. The zero-order chi connectivity index (χ0) is 22.2. The van der Waals surface area contributed by atoms with Gasteiger partial charge in [-0.3, -0.25) is 9.59 Å². The Morgan fingerprint density at radius 3 is 2.45 bits per heavy atom. The Bertz CT molecular complexity index is 1250. The van der Waals surface area contributed by atoms with Crippen LogP contribution in [0.2, 0.25) is 0 Å². The van der Waals surface area contributed by atoms with E-state index in [4.69, 9.17) is 5.73 Å². The van der Waals surface area contributed by atoms with Crippen LogP contribution in [0.1, 0.15) is 32.1 Å². The van der Waals surface area contributed by atoms with E-state index in [0.29, 0.717) is 30.9 Å². The minimum Gasteiger partial charge on any atom is -0.366 e. The second-order valence-corrected chi connectivity index (χ2v) is 8.77. The third-order valence-electron chi connectivity index (χ3n) is 5.15. The average molecular weight is 440 g/mol. The fraction of sp³-hybridized carbons (Fsp3) is 0.200. The fourth-order valence-corrected chi connectivity index (χ4v) is 4.75. The van der Waals surface area contributed by atoms with Crippen molar-refractivity contribution in [2.75, 3.05) is 18.5 Å². The first kappa shape index (κ1) is 20.5. The lowest BCUT2D eigenvalue weighted by atomic mass is 10.1. The van der Waals surface area contributed by atoms with Crippen molar-refractivity contribution in [2.24, 2.45) is 5.73 Å². The number of hydrogen-bond acceptors (Lipinski definition) is 7. The van der Waals surface area contributed by atoms with Crippen molar-refractivity contribution >= 4 is 27.5 Å². The number of pyridine rings is 1. The van der Waals surface area contributed by atoms with E-state index in [0.717, 1.165) is 15.3 Å². The summed E-state index contributed by atoms with van der Waals surface area (Å²) in [5.41, 5.74) is 7.93. The van der Waals surface area contributed by atoms with Crippen LogP contribution in [0.5, 0.6) is 0 Å². The van der Waals surface area contributed by atoms with Crippen LogP contribution in [0.25, 0.3) is 0 Å². The molecule has 0 bridgehead atoms. The number of nitrogens with one attached hydrogen (secondary N) is 1. The summed E-state index contributed by atoms with van der Waals surface area (Å²) in [5, 5.41) is 6.64. The standard InChI is InChI=1S/C20H20N6O4S/c1-22-20(28)17-7-4-15(11-23-17)25-9-8-14-10-24-26(18(14)12-25)31(29,30)16-5-2-13(3-6-16)19(21)27/h2-7,10-11H,8-9,12H2,1H3,(H2,21,27)(H,22,28). The van der Waals surface area contributed by atoms with Gasteiger partial charge in [0.1, 0.15) is 5.69 Å². The van der Waals surface area contributed by atoms with Crippen molar-refractivity contribution in [1.82, 2.24) is 19.5 Å². The fourth-order valence-electron chi connectivity index (χ4n) is 3.43. The highest BCUT2D eigenvalue weighted by Gasteiger charge is 2.28. The molecule has 1 aliphatic rings. The number of carbonyl (C=O) groups excluding carboxylic acids is 2. The van der Waals surface area contributed by atoms with Crippen molar-refractivity contribution in [3.8, 4) is 0 Å². The number of hydrogen-bond donors (Lipinski definition) is 2. The topological polar surface area (TPSA) is 140 Å². The quantitative estimate of drug-likeness (QED) is 0.590. The van der Waals surface area contributed by atoms with Crippen LogP contribution in [0.4, 0.5) is 5.69 Å². The maximum atomic E-state index is 13.2. The molecule has 0 atom stereocenters.